The van der Waals surface area contributed by atoms with E-state index in [-0.39, 0.29) is 11.7 Å². The van der Waals surface area contributed by atoms with Gasteiger partial charge in [-0.1, -0.05) is 12.8 Å². The minimum Gasteiger partial charge on any atom is -0.391 e. The minimum atomic E-state index is -0.264. The van der Waals surface area contributed by atoms with Gasteiger partial charge < -0.3 is 9.84 Å². The molecule has 0 bridgehead atoms. The van der Waals surface area contributed by atoms with Crippen LogP contribution in [0, 0.1) is 5.92 Å². The van der Waals surface area contributed by atoms with Gasteiger partial charge in [-0.2, -0.15) is 0 Å². The predicted octanol–water partition coefficient (Wildman–Crippen LogP) is 2.35. The van der Waals surface area contributed by atoms with E-state index in [0.29, 0.717) is 6.61 Å². The first kappa shape index (κ1) is 11.0. The summed E-state index contributed by atoms with van der Waals surface area (Å²) in [7, 11) is 0. The molecule has 0 radical (unpaired) electrons. The van der Waals surface area contributed by atoms with Gasteiger partial charge in [0.05, 0.1) is 18.3 Å². The van der Waals surface area contributed by atoms with Gasteiger partial charge in [0.2, 0.25) is 0 Å². The van der Waals surface area contributed by atoms with Crippen molar-refractivity contribution >= 4 is 0 Å². The molecule has 0 saturated heterocycles. The van der Waals surface area contributed by atoms with Crippen LogP contribution in [-0.2, 0) is 4.74 Å². The van der Waals surface area contributed by atoms with Gasteiger partial charge in [-0.25, -0.2) is 0 Å². The smallest absolute Gasteiger partial charge is 0.0774 e. The molecule has 1 N–H and O–H groups in total. The Morgan fingerprint density at radius 3 is 2.46 bits per heavy atom. The van der Waals surface area contributed by atoms with Crippen LogP contribution in [0.4, 0.5) is 0 Å². The summed E-state index contributed by atoms with van der Waals surface area (Å²) in [5.74, 6) is 0.907. The van der Waals surface area contributed by atoms with Gasteiger partial charge in [-0.3, -0.25) is 0 Å². The highest BCUT2D eigenvalue weighted by Gasteiger charge is 2.22. The molecule has 1 aliphatic carbocycles. The van der Waals surface area contributed by atoms with Crippen LogP contribution < -0.4 is 0 Å². The predicted molar refractivity (Wildman–Crippen MR) is 53.7 cm³/mol. The van der Waals surface area contributed by atoms with E-state index in [0.717, 1.165) is 12.3 Å². The molecule has 0 aliphatic heterocycles. The Kier molecular flexibility index (Phi) is 3.74. The van der Waals surface area contributed by atoms with Gasteiger partial charge in [0, 0.05) is 0 Å². The molecule has 1 atom stereocenters. The molecule has 13 heavy (non-hydrogen) atoms. The zero-order valence-corrected chi connectivity index (χ0v) is 9.05. The Hall–Kier alpha value is -0.0800. The van der Waals surface area contributed by atoms with Crippen molar-refractivity contribution in [2.45, 2.75) is 58.2 Å². The average molecular weight is 186 g/mol. The van der Waals surface area contributed by atoms with Gasteiger partial charge in [-0.15, -0.1) is 0 Å². The molecule has 0 amide bonds. The second-order valence-corrected chi connectivity index (χ2v) is 5.10. The lowest BCUT2D eigenvalue weighted by Crippen LogP contribution is -2.26. The maximum absolute atomic E-state index is 9.56. The molecule has 1 unspecified atom stereocenters. The van der Waals surface area contributed by atoms with E-state index < -0.39 is 0 Å². The number of hydrogen-bond donors (Lipinski definition) is 1. The molecule has 1 fully saturated rings. The van der Waals surface area contributed by atoms with Crippen molar-refractivity contribution in [3.05, 3.63) is 0 Å². The van der Waals surface area contributed by atoms with E-state index in [9.17, 15) is 5.11 Å². The second-order valence-electron chi connectivity index (χ2n) is 5.10. The molecular formula is C11H22O2. The van der Waals surface area contributed by atoms with Crippen LogP contribution in [-0.4, -0.2) is 23.4 Å². The van der Waals surface area contributed by atoms with Crippen LogP contribution in [0.15, 0.2) is 0 Å². The Balaban J connectivity index is 1.99. The lowest BCUT2D eigenvalue weighted by Gasteiger charge is -2.21. The van der Waals surface area contributed by atoms with E-state index in [1.807, 2.05) is 20.8 Å². The first-order valence-electron chi connectivity index (χ1n) is 5.29. The van der Waals surface area contributed by atoms with Crippen molar-refractivity contribution in [3.63, 3.8) is 0 Å². The third-order valence-corrected chi connectivity index (χ3v) is 2.31. The van der Waals surface area contributed by atoms with Crippen molar-refractivity contribution in [2.75, 3.05) is 6.61 Å². The van der Waals surface area contributed by atoms with Crippen LogP contribution >= 0.6 is 0 Å². The largest absolute Gasteiger partial charge is 0.391 e. The van der Waals surface area contributed by atoms with E-state index in [1.54, 1.807) is 0 Å². The fraction of sp³-hybridized carbons (Fsp3) is 1.00. The van der Waals surface area contributed by atoms with Gasteiger partial charge in [0.15, 0.2) is 0 Å². The zero-order valence-electron chi connectivity index (χ0n) is 9.05. The molecule has 1 saturated carbocycles. The van der Waals surface area contributed by atoms with Crippen LogP contribution in [0.5, 0.6) is 0 Å². The fourth-order valence-electron chi connectivity index (χ4n) is 1.26. The second kappa shape index (κ2) is 4.43. The highest BCUT2D eigenvalue weighted by Crippen LogP contribution is 2.33. The van der Waals surface area contributed by atoms with Gasteiger partial charge in [0.1, 0.15) is 0 Å². The summed E-state index contributed by atoms with van der Waals surface area (Å²) in [6.45, 7) is 6.53. The standard InChI is InChI=1S/C11H22O2/c1-11(2,3)13-8-10(12)7-6-9-4-5-9/h9-10,12H,4-8H2,1-3H3. The Labute approximate surface area is 81.3 Å². The van der Waals surface area contributed by atoms with E-state index >= 15 is 0 Å². The Morgan fingerprint density at radius 2 is 2.00 bits per heavy atom. The summed E-state index contributed by atoms with van der Waals surface area (Å²) in [6, 6.07) is 0. The van der Waals surface area contributed by atoms with Crippen molar-refractivity contribution in [1.29, 1.82) is 0 Å². The maximum Gasteiger partial charge on any atom is 0.0774 e. The highest BCUT2D eigenvalue weighted by molar-refractivity contribution is 4.74. The molecule has 78 valence electrons. The topological polar surface area (TPSA) is 29.5 Å². The van der Waals surface area contributed by atoms with Crippen LogP contribution in [0.3, 0.4) is 0 Å². The molecule has 2 heteroatoms. The number of ether oxygens (including phenoxy) is 1. The van der Waals surface area contributed by atoms with Gasteiger partial charge in [0.25, 0.3) is 0 Å². The fourth-order valence-corrected chi connectivity index (χ4v) is 1.26. The molecule has 0 aromatic heterocycles. The van der Waals surface area contributed by atoms with Gasteiger partial charge in [-0.05, 0) is 39.5 Å². The molecule has 0 aromatic rings. The van der Waals surface area contributed by atoms with Crippen molar-refractivity contribution in [2.24, 2.45) is 5.92 Å². The number of rotatable bonds is 5. The molecule has 0 aromatic carbocycles. The summed E-state index contributed by atoms with van der Waals surface area (Å²) in [6.07, 6.45) is 4.55. The summed E-state index contributed by atoms with van der Waals surface area (Å²) in [4.78, 5) is 0. The lowest BCUT2D eigenvalue weighted by molar-refractivity contribution is -0.0511. The van der Waals surface area contributed by atoms with Gasteiger partial charge >= 0.3 is 0 Å². The summed E-state index contributed by atoms with van der Waals surface area (Å²) >= 11 is 0. The SMILES string of the molecule is CC(C)(C)OCC(O)CCC1CC1. The monoisotopic (exact) mass is 186 g/mol. The van der Waals surface area contributed by atoms with E-state index in [2.05, 4.69) is 0 Å². The van der Waals surface area contributed by atoms with Crippen LogP contribution in [0.1, 0.15) is 46.5 Å². The zero-order chi connectivity index (χ0) is 9.90. The first-order valence-corrected chi connectivity index (χ1v) is 5.29. The lowest BCUT2D eigenvalue weighted by atomic mass is 10.1. The quantitative estimate of drug-likeness (QED) is 0.714. The Bertz CT molecular complexity index is 145. The summed E-state index contributed by atoms with van der Waals surface area (Å²) < 4.78 is 5.49. The summed E-state index contributed by atoms with van der Waals surface area (Å²) in [5.41, 5.74) is -0.124. The number of hydrogen-bond acceptors (Lipinski definition) is 2. The minimum absolute atomic E-state index is 0.124. The third kappa shape index (κ3) is 6.05. The molecule has 0 spiro atoms. The normalized spacial score (nSPS) is 20.3. The molecule has 1 rings (SSSR count). The average Bonchev–Trinajstić information content (AvgIpc) is 2.78. The van der Waals surface area contributed by atoms with E-state index in [1.165, 1.54) is 19.3 Å². The number of aliphatic hydroxyl groups is 1. The van der Waals surface area contributed by atoms with Crippen LogP contribution in [0.2, 0.25) is 0 Å². The highest BCUT2D eigenvalue weighted by atomic mass is 16.5. The third-order valence-electron chi connectivity index (χ3n) is 2.31. The van der Waals surface area contributed by atoms with Crippen LogP contribution in [0.25, 0.3) is 0 Å². The number of aliphatic hydroxyl groups excluding tert-OH is 1. The molecule has 1 aliphatic rings. The maximum atomic E-state index is 9.56. The van der Waals surface area contributed by atoms with Crippen molar-refractivity contribution in [3.8, 4) is 0 Å². The van der Waals surface area contributed by atoms with Crippen molar-refractivity contribution in [1.82, 2.24) is 0 Å². The molecular weight excluding hydrogens is 164 g/mol. The molecule has 0 heterocycles. The Morgan fingerprint density at radius 1 is 1.38 bits per heavy atom. The van der Waals surface area contributed by atoms with E-state index in [4.69, 9.17) is 4.74 Å². The first-order chi connectivity index (χ1) is 5.97. The van der Waals surface area contributed by atoms with Crippen molar-refractivity contribution < 1.29 is 9.84 Å². The summed E-state index contributed by atoms with van der Waals surface area (Å²) in [5, 5.41) is 9.56. The molecule has 2 nitrogen and oxygen atoms in total.